The van der Waals surface area contributed by atoms with E-state index in [9.17, 15) is 10.0 Å². The van der Waals surface area contributed by atoms with E-state index < -0.39 is 7.12 Å². The zero-order chi connectivity index (χ0) is 12.4. The van der Waals surface area contributed by atoms with Crippen molar-refractivity contribution in [2.24, 2.45) is 7.05 Å². The summed E-state index contributed by atoms with van der Waals surface area (Å²) in [4.78, 5) is 1.37. The fourth-order valence-electron chi connectivity index (χ4n) is 1.84. The molecule has 0 unspecified atom stereocenters. The maximum atomic E-state index is 9.31. The van der Waals surface area contributed by atoms with Crippen LogP contribution in [0.1, 0.15) is 12.5 Å². The Morgan fingerprint density at radius 3 is 2.65 bits per heavy atom. The highest BCUT2D eigenvalue weighted by atomic mass is 16.4. The molecule has 2 aromatic rings. The summed E-state index contributed by atoms with van der Waals surface area (Å²) in [6, 6.07) is 5.28. The standard InChI is InChI=1S/C10H13BN4O2/c1-3-7-8(10-12-14-15(2)13-10)5-4-6-9(7)11(16)17/h4-6,16-17H,3H2,1-2H3. The van der Waals surface area contributed by atoms with Gasteiger partial charge in [-0.15, -0.1) is 10.2 Å². The number of aryl methyl sites for hydroxylation is 1. The lowest BCUT2D eigenvalue weighted by atomic mass is 9.75. The molecule has 2 N–H and O–H groups in total. The van der Waals surface area contributed by atoms with Crippen molar-refractivity contribution in [3.05, 3.63) is 23.8 Å². The molecule has 1 aromatic carbocycles. The van der Waals surface area contributed by atoms with Crippen LogP contribution in [0.2, 0.25) is 0 Å². The molecular weight excluding hydrogens is 219 g/mol. The molecule has 1 heterocycles. The van der Waals surface area contributed by atoms with Crippen LogP contribution in [0, 0.1) is 0 Å². The molecule has 0 atom stereocenters. The van der Waals surface area contributed by atoms with Gasteiger partial charge >= 0.3 is 7.12 Å². The number of aromatic nitrogens is 4. The fourth-order valence-corrected chi connectivity index (χ4v) is 1.84. The van der Waals surface area contributed by atoms with E-state index in [0.717, 1.165) is 11.1 Å². The van der Waals surface area contributed by atoms with Crippen LogP contribution in [0.25, 0.3) is 11.4 Å². The first-order valence-corrected chi connectivity index (χ1v) is 5.35. The van der Waals surface area contributed by atoms with E-state index in [1.54, 1.807) is 19.2 Å². The Kier molecular flexibility index (Phi) is 3.21. The van der Waals surface area contributed by atoms with Gasteiger partial charge in [-0.3, -0.25) is 0 Å². The molecule has 0 saturated heterocycles. The van der Waals surface area contributed by atoms with E-state index in [1.807, 2.05) is 13.0 Å². The van der Waals surface area contributed by atoms with E-state index in [-0.39, 0.29) is 0 Å². The lowest BCUT2D eigenvalue weighted by molar-refractivity contribution is 0.425. The molecule has 0 aliphatic heterocycles. The van der Waals surface area contributed by atoms with Crippen molar-refractivity contribution in [3.63, 3.8) is 0 Å². The fraction of sp³-hybridized carbons (Fsp3) is 0.300. The van der Waals surface area contributed by atoms with E-state index in [4.69, 9.17) is 0 Å². The lowest BCUT2D eigenvalue weighted by Crippen LogP contribution is -2.33. The van der Waals surface area contributed by atoms with Crippen LogP contribution in [0.4, 0.5) is 0 Å². The largest absolute Gasteiger partial charge is 0.488 e. The minimum absolute atomic E-state index is 0.484. The van der Waals surface area contributed by atoms with Gasteiger partial charge in [0.2, 0.25) is 5.82 Å². The number of tetrazole rings is 1. The molecule has 0 fully saturated rings. The minimum atomic E-state index is -1.48. The Labute approximate surface area is 99.0 Å². The Bertz CT molecular complexity index is 527. The average molecular weight is 232 g/mol. The predicted octanol–water partition coefficient (Wildman–Crippen LogP) is -0.881. The Morgan fingerprint density at radius 2 is 2.12 bits per heavy atom. The van der Waals surface area contributed by atoms with Crippen LogP contribution in [0.3, 0.4) is 0 Å². The number of nitrogens with zero attached hydrogens (tertiary/aromatic N) is 4. The predicted molar refractivity (Wildman–Crippen MR) is 63.4 cm³/mol. The minimum Gasteiger partial charge on any atom is -0.423 e. The first-order valence-electron chi connectivity index (χ1n) is 5.35. The molecule has 17 heavy (non-hydrogen) atoms. The zero-order valence-electron chi connectivity index (χ0n) is 9.70. The van der Waals surface area contributed by atoms with Crippen molar-refractivity contribution in [1.82, 2.24) is 20.2 Å². The van der Waals surface area contributed by atoms with Gasteiger partial charge in [-0.25, -0.2) is 0 Å². The zero-order valence-corrected chi connectivity index (χ0v) is 9.70. The molecular formula is C10H13BN4O2. The molecule has 0 amide bonds. The van der Waals surface area contributed by atoms with Gasteiger partial charge in [-0.2, -0.15) is 4.80 Å². The number of hydrogen-bond acceptors (Lipinski definition) is 5. The molecule has 0 bridgehead atoms. The van der Waals surface area contributed by atoms with Crippen LogP contribution >= 0.6 is 0 Å². The van der Waals surface area contributed by atoms with Gasteiger partial charge in [0.15, 0.2) is 0 Å². The highest BCUT2D eigenvalue weighted by Gasteiger charge is 2.19. The third-order valence-electron chi connectivity index (χ3n) is 2.59. The molecule has 0 spiro atoms. The SMILES string of the molecule is CCc1c(B(O)O)cccc1-c1nnn(C)n1. The van der Waals surface area contributed by atoms with Crippen LogP contribution < -0.4 is 5.46 Å². The molecule has 0 aliphatic carbocycles. The maximum Gasteiger partial charge on any atom is 0.488 e. The number of benzene rings is 1. The smallest absolute Gasteiger partial charge is 0.423 e. The number of rotatable bonds is 3. The van der Waals surface area contributed by atoms with Crippen molar-refractivity contribution in [3.8, 4) is 11.4 Å². The van der Waals surface area contributed by atoms with Crippen molar-refractivity contribution in [1.29, 1.82) is 0 Å². The van der Waals surface area contributed by atoms with Gasteiger partial charge in [0, 0.05) is 5.56 Å². The number of hydrogen-bond donors (Lipinski definition) is 2. The maximum absolute atomic E-state index is 9.31. The van der Waals surface area contributed by atoms with Gasteiger partial charge in [0.1, 0.15) is 0 Å². The highest BCUT2D eigenvalue weighted by Crippen LogP contribution is 2.18. The summed E-state index contributed by atoms with van der Waals surface area (Å²) in [6.07, 6.45) is 0.668. The van der Waals surface area contributed by atoms with Crippen LogP contribution in [0.5, 0.6) is 0 Å². The highest BCUT2D eigenvalue weighted by molar-refractivity contribution is 6.59. The summed E-state index contributed by atoms with van der Waals surface area (Å²) in [7, 11) is 0.203. The Morgan fingerprint density at radius 1 is 1.35 bits per heavy atom. The second-order valence-electron chi connectivity index (χ2n) is 3.70. The monoisotopic (exact) mass is 232 g/mol. The second-order valence-corrected chi connectivity index (χ2v) is 3.70. The normalized spacial score (nSPS) is 10.6. The van der Waals surface area contributed by atoms with Crippen LogP contribution in [-0.2, 0) is 13.5 Å². The van der Waals surface area contributed by atoms with E-state index in [1.165, 1.54) is 4.80 Å². The summed E-state index contributed by atoms with van der Waals surface area (Å²) in [5, 5.41) is 30.4. The lowest BCUT2D eigenvalue weighted by Gasteiger charge is -2.10. The summed E-state index contributed by atoms with van der Waals surface area (Å²) in [5.74, 6) is 0.492. The van der Waals surface area contributed by atoms with Crippen molar-refractivity contribution in [2.45, 2.75) is 13.3 Å². The average Bonchev–Trinajstić information content (AvgIpc) is 2.74. The summed E-state index contributed by atoms with van der Waals surface area (Å²) < 4.78 is 0. The Balaban J connectivity index is 2.58. The molecule has 2 rings (SSSR count). The summed E-state index contributed by atoms with van der Waals surface area (Å²) in [5.41, 5.74) is 2.10. The van der Waals surface area contributed by atoms with E-state index in [2.05, 4.69) is 15.4 Å². The van der Waals surface area contributed by atoms with Crippen molar-refractivity contribution >= 4 is 12.6 Å². The topological polar surface area (TPSA) is 84.1 Å². The molecule has 6 nitrogen and oxygen atoms in total. The molecule has 88 valence electrons. The molecule has 0 aliphatic rings. The van der Waals surface area contributed by atoms with Gasteiger partial charge in [-0.05, 0) is 22.7 Å². The molecule has 1 aromatic heterocycles. The van der Waals surface area contributed by atoms with Gasteiger partial charge in [-0.1, -0.05) is 25.1 Å². The third kappa shape index (κ3) is 2.20. The Hall–Kier alpha value is -1.73. The van der Waals surface area contributed by atoms with E-state index >= 15 is 0 Å². The summed E-state index contributed by atoms with van der Waals surface area (Å²) in [6.45, 7) is 1.95. The second kappa shape index (κ2) is 4.64. The van der Waals surface area contributed by atoms with E-state index in [0.29, 0.717) is 17.7 Å². The third-order valence-corrected chi connectivity index (χ3v) is 2.59. The summed E-state index contributed by atoms with van der Waals surface area (Å²) >= 11 is 0. The van der Waals surface area contributed by atoms with Gasteiger partial charge < -0.3 is 10.0 Å². The van der Waals surface area contributed by atoms with Gasteiger partial charge in [0.05, 0.1) is 7.05 Å². The quantitative estimate of drug-likeness (QED) is 0.671. The van der Waals surface area contributed by atoms with Crippen molar-refractivity contribution < 1.29 is 10.0 Å². The van der Waals surface area contributed by atoms with Crippen LogP contribution in [0.15, 0.2) is 18.2 Å². The van der Waals surface area contributed by atoms with Gasteiger partial charge in [0.25, 0.3) is 0 Å². The molecule has 7 heteroatoms. The molecule has 0 radical (unpaired) electrons. The first kappa shape index (κ1) is 11.8. The molecule has 0 saturated carbocycles. The van der Waals surface area contributed by atoms with Crippen LogP contribution in [-0.4, -0.2) is 37.4 Å². The van der Waals surface area contributed by atoms with Crippen molar-refractivity contribution in [2.75, 3.05) is 0 Å². The first-order chi connectivity index (χ1) is 8.13.